The highest BCUT2D eigenvalue weighted by Gasteiger charge is 2.13. The smallest absolute Gasteiger partial charge is 0.356 e. The van der Waals surface area contributed by atoms with Crippen molar-refractivity contribution in [3.63, 3.8) is 0 Å². The number of carboxylic acids is 1. The Kier molecular flexibility index (Phi) is 4.35. The van der Waals surface area contributed by atoms with Gasteiger partial charge < -0.3 is 10.0 Å². The summed E-state index contributed by atoms with van der Waals surface area (Å²) >= 11 is 0. The third kappa shape index (κ3) is 3.22. The van der Waals surface area contributed by atoms with Crippen molar-refractivity contribution in [2.24, 2.45) is 0 Å². The second-order valence-electron chi connectivity index (χ2n) is 6.96. The van der Waals surface area contributed by atoms with E-state index in [9.17, 15) is 4.79 Å². The van der Waals surface area contributed by atoms with Gasteiger partial charge in [0.1, 0.15) is 0 Å². The van der Waals surface area contributed by atoms with Crippen LogP contribution in [0.5, 0.6) is 0 Å². The molecule has 7 nitrogen and oxygen atoms in total. The van der Waals surface area contributed by atoms with E-state index >= 15 is 0 Å². The van der Waals surface area contributed by atoms with E-state index in [-0.39, 0.29) is 5.69 Å². The Morgan fingerprint density at radius 3 is 2.46 bits per heavy atom. The molecule has 0 saturated heterocycles. The number of benzene rings is 1. The number of hydrogen-bond acceptors (Lipinski definition) is 4. The van der Waals surface area contributed by atoms with Gasteiger partial charge in [-0.3, -0.25) is 4.68 Å². The predicted octanol–water partition coefficient (Wildman–Crippen LogP) is 3.32. The number of nitrogens with zero attached hydrogens (tertiary/aromatic N) is 5. The maximum atomic E-state index is 11.2. The zero-order chi connectivity index (χ0) is 19.8. The van der Waals surface area contributed by atoms with Gasteiger partial charge in [-0.25, -0.2) is 9.31 Å². The average Bonchev–Trinajstić information content (AvgIpc) is 3.26. The average molecular weight is 375 g/mol. The van der Waals surface area contributed by atoms with Crippen molar-refractivity contribution in [1.29, 1.82) is 0 Å². The van der Waals surface area contributed by atoms with Crippen molar-refractivity contribution in [1.82, 2.24) is 19.4 Å². The van der Waals surface area contributed by atoms with E-state index in [1.54, 1.807) is 10.7 Å². The van der Waals surface area contributed by atoms with Crippen LogP contribution in [-0.4, -0.2) is 44.6 Å². The summed E-state index contributed by atoms with van der Waals surface area (Å²) in [6.45, 7) is 2.29. The number of fused-ring (bicyclic) bond motifs is 1. The molecule has 0 amide bonds. The Labute approximate surface area is 162 Å². The van der Waals surface area contributed by atoms with Crippen LogP contribution in [0.15, 0.2) is 54.6 Å². The molecule has 0 spiro atoms. The standard InChI is InChI=1S/C21H21N5O2/c1-14-11-20(21(27)28)22-25(14)13-18-6-4-5-17-12-19(23-26(17)18)15-7-9-16(10-8-15)24(2)3/h4-12H,13H2,1-3H3,(H,27,28). The first kappa shape index (κ1) is 17.8. The molecule has 0 aliphatic carbocycles. The fourth-order valence-corrected chi connectivity index (χ4v) is 3.19. The lowest BCUT2D eigenvalue weighted by Crippen LogP contribution is -2.09. The molecule has 28 heavy (non-hydrogen) atoms. The number of aromatic nitrogens is 4. The first-order chi connectivity index (χ1) is 13.4. The highest BCUT2D eigenvalue weighted by molar-refractivity contribution is 5.85. The lowest BCUT2D eigenvalue weighted by molar-refractivity contribution is 0.0689. The Morgan fingerprint density at radius 2 is 1.82 bits per heavy atom. The van der Waals surface area contributed by atoms with Gasteiger partial charge in [-0.05, 0) is 43.3 Å². The minimum atomic E-state index is -1.03. The predicted molar refractivity (Wildman–Crippen MR) is 108 cm³/mol. The normalized spacial score (nSPS) is 11.1. The summed E-state index contributed by atoms with van der Waals surface area (Å²) in [6, 6.07) is 17.8. The molecule has 3 aromatic heterocycles. The van der Waals surface area contributed by atoms with Crippen LogP contribution in [0.3, 0.4) is 0 Å². The fourth-order valence-electron chi connectivity index (χ4n) is 3.19. The van der Waals surface area contributed by atoms with Crippen molar-refractivity contribution in [2.45, 2.75) is 13.5 Å². The highest BCUT2D eigenvalue weighted by Crippen LogP contribution is 2.23. The van der Waals surface area contributed by atoms with Gasteiger partial charge in [-0.15, -0.1) is 0 Å². The summed E-state index contributed by atoms with van der Waals surface area (Å²) in [5, 5.41) is 18.1. The van der Waals surface area contributed by atoms with Crippen molar-refractivity contribution in [3.05, 3.63) is 71.7 Å². The second-order valence-corrected chi connectivity index (χ2v) is 6.96. The van der Waals surface area contributed by atoms with Crippen LogP contribution >= 0.6 is 0 Å². The number of pyridine rings is 1. The highest BCUT2D eigenvalue weighted by atomic mass is 16.4. The Balaban J connectivity index is 1.70. The molecule has 0 aliphatic heterocycles. The molecule has 0 radical (unpaired) electrons. The molecule has 0 saturated carbocycles. The summed E-state index contributed by atoms with van der Waals surface area (Å²) in [7, 11) is 4.03. The molecule has 0 bridgehead atoms. The number of aromatic carboxylic acids is 1. The third-order valence-electron chi connectivity index (χ3n) is 4.76. The minimum absolute atomic E-state index is 0.0480. The molecule has 4 rings (SSSR count). The maximum Gasteiger partial charge on any atom is 0.356 e. The molecule has 1 aromatic carbocycles. The fraction of sp³-hybridized carbons (Fsp3) is 0.190. The summed E-state index contributed by atoms with van der Waals surface area (Å²) in [4.78, 5) is 13.2. The zero-order valence-corrected chi connectivity index (χ0v) is 16.0. The van der Waals surface area contributed by atoms with E-state index in [2.05, 4.69) is 34.3 Å². The molecule has 7 heteroatoms. The topological polar surface area (TPSA) is 75.7 Å². The van der Waals surface area contributed by atoms with E-state index in [1.165, 1.54) is 0 Å². The molecule has 0 fully saturated rings. The Morgan fingerprint density at radius 1 is 1.07 bits per heavy atom. The maximum absolute atomic E-state index is 11.2. The zero-order valence-electron chi connectivity index (χ0n) is 16.0. The van der Waals surface area contributed by atoms with E-state index in [0.29, 0.717) is 6.54 Å². The summed E-state index contributed by atoms with van der Waals surface area (Å²) in [6.07, 6.45) is 0. The van der Waals surface area contributed by atoms with Crippen LogP contribution in [0.1, 0.15) is 21.9 Å². The SMILES string of the molecule is Cc1cc(C(=O)O)nn1Cc1cccc2cc(-c3ccc(N(C)C)cc3)nn12. The molecule has 1 N–H and O–H groups in total. The number of rotatable bonds is 5. The number of anilines is 1. The first-order valence-electron chi connectivity index (χ1n) is 8.95. The van der Waals surface area contributed by atoms with Crippen molar-refractivity contribution in [2.75, 3.05) is 19.0 Å². The van der Waals surface area contributed by atoms with E-state index in [0.717, 1.165) is 33.8 Å². The summed E-state index contributed by atoms with van der Waals surface area (Å²) in [5.41, 5.74) is 5.82. The van der Waals surface area contributed by atoms with Crippen LogP contribution in [0, 0.1) is 6.92 Å². The van der Waals surface area contributed by atoms with Gasteiger partial charge in [0.05, 0.1) is 23.4 Å². The van der Waals surface area contributed by atoms with Gasteiger partial charge in [0, 0.05) is 31.0 Å². The van der Waals surface area contributed by atoms with Gasteiger partial charge in [0.25, 0.3) is 0 Å². The van der Waals surface area contributed by atoms with E-state index < -0.39 is 5.97 Å². The second kappa shape index (κ2) is 6.84. The first-order valence-corrected chi connectivity index (χ1v) is 8.95. The van der Waals surface area contributed by atoms with Crippen molar-refractivity contribution in [3.8, 4) is 11.3 Å². The van der Waals surface area contributed by atoms with E-state index in [1.807, 2.05) is 49.8 Å². The van der Waals surface area contributed by atoms with Gasteiger partial charge in [-0.2, -0.15) is 10.2 Å². The summed E-state index contributed by atoms with van der Waals surface area (Å²) < 4.78 is 3.57. The van der Waals surface area contributed by atoms with Gasteiger partial charge in [0.15, 0.2) is 5.69 Å². The largest absolute Gasteiger partial charge is 0.476 e. The Bertz CT molecular complexity index is 1160. The van der Waals surface area contributed by atoms with Crippen LogP contribution in [0.25, 0.3) is 16.8 Å². The quantitative estimate of drug-likeness (QED) is 0.579. The van der Waals surface area contributed by atoms with E-state index in [4.69, 9.17) is 10.2 Å². The number of hydrogen-bond donors (Lipinski definition) is 1. The number of aryl methyl sites for hydroxylation is 1. The molecule has 3 heterocycles. The van der Waals surface area contributed by atoms with Gasteiger partial charge in [-0.1, -0.05) is 18.2 Å². The van der Waals surface area contributed by atoms with Crippen molar-refractivity contribution < 1.29 is 9.90 Å². The lowest BCUT2D eigenvalue weighted by atomic mass is 10.1. The van der Waals surface area contributed by atoms with Gasteiger partial charge in [0.2, 0.25) is 0 Å². The lowest BCUT2D eigenvalue weighted by Gasteiger charge is -2.12. The molecule has 142 valence electrons. The van der Waals surface area contributed by atoms with Crippen molar-refractivity contribution >= 4 is 17.2 Å². The minimum Gasteiger partial charge on any atom is -0.476 e. The van der Waals surface area contributed by atoms with Crippen LogP contribution in [-0.2, 0) is 6.54 Å². The molecule has 0 atom stereocenters. The van der Waals surface area contributed by atoms with Crippen LogP contribution in [0.4, 0.5) is 5.69 Å². The summed E-state index contributed by atoms with van der Waals surface area (Å²) in [5.74, 6) is -1.03. The van der Waals surface area contributed by atoms with Gasteiger partial charge >= 0.3 is 5.97 Å². The third-order valence-corrected chi connectivity index (χ3v) is 4.76. The molecule has 0 aliphatic rings. The molecule has 4 aromatic rings. The molecular weight excluding hydrogens is 354 g/mol. The number of carbonyl (C=O) groups is 1. The Hall–Kier alpha value is -3.61. The number of carboxylic acid groups (broad SMARTS) is 1. The molecular formula is C21H21N5O2. The van der Waals surface area contributed by atoms with Crippen LogP contribution < -0.4 is 4.90 Å². The van der Waals surface area contributed by atoms with Crippen LogP contribution in [0.2, 0.25) is 0 Å². The monoisotopic (exact) mass is 375 g/mol. The molecule has 0 unspecified atom stereocenters.